The van der Waals surface area contributed by atoms with Gasteiger partial charge in [-0.05, 0) is 122 Å². The van der Waals surface area contributed by atoms with Crippen LogP contribution in [-0.4, -0.2) is 270 Å². The van der Waals surface area contributed by atoms with Gasteiger partial charge in [-0.3, -0.25) is 87.5 Å². The Hall–Kier alpha value is -10.5. The number of aliphatic carboxylic acids is 2. The molecule has 0 bridgehead atoms. The van der Waals surface area contributed by atoms with Crippen LogP contribution in [0.4, 0.5) is 0 Å². The number of nitrogens with two attached hydrogens (primary N) is 5. The van der Waals surface area contributed by atoms with Gasteiger partial charge in [0.25, 0.3) is 0 Å². The van der Waals surface area contributed by atoms with Crippen LogP contribution in [-0.2, 0) is 81.5 Å². The van der Waals surface area contributed by atoms with E-state index in [1.165, 1.54) is 11.8 Å². The van der Waals surface area contributed by atoms with E-state index in [9.17, 15) is 91.7 Å². The number of likely N-dealkylation sites (tertiary alicyclic amines) is 3. The maximum atomic E-state index is 13.9. The van der Waals surface area contributed by atoms with Crippen molar-refractivity contribution in [3.63, 3.8) is 0 Å². The molecule has 0 radical (unpaired) electrons. The third-order valence-electron chi connectivity index (χ3n) is 17.0. The Kier molecular flexibility index (Phi) is 38.3. The highest BCUT2D eigenvalue weighted by Gasteiger charge is 2.40. The number of hydrogen-bond acceptors (Lipinski definition) is 21. The molecule has 3 saturated heterocycles. The van der Waals surface area contributed by atoms with Gasteiger partial charge in [-0.25, -0.2) is 4.79 Å². The van der Waals surface area contributed by atoms with Crippen molar-refractivity contribution in [1.29, 1.82) is 10.8 Å². The van der Waals surface area contributed by atoms with Gasteiger partial charge < -0.3 is 123 Å². The first-order chi connectivity index (χ1) is 49.2. The molecule has 0 aliphatic carbocycles. The van der Waals surface area contributed by atoms with E-state index in [1.807, 2.05) is 0 Å². The van der Waals surface area contributed by atoms with Crippen LogP contribution in [0.5, 0.6) is 0 Å². The van der Waals surface area contributed by atoms with Crippen LogP contribution in [0.3, 0.4) is 0 Å². The molecule has 3 rings (SSSR count). The third kappa shape index (κ3) is 31.4. The van der Waals surface area contributed by atoms with Crippen LogP contribution in [0.15, 0.2) is 0 Å². The minimum absolute atomic E-state index is 0.00954. The number of amides is 15. The standard InChI is InChI=1S/C62H105N23O19/c1-33(2)27-40(78-46(88)30-73-53(96)35(12-6-22-70-61(66)67)79-57(100)41-14-8-24-83(41)47(89)28-64)56(99)76-34(3)51(94)74-31-48(90)84-25-10-16-43(84)59(102)81-37(17-19-44(65)86)54(97)75-32-49(91)85-26-9-15-42(85)58(101)80-36(13-7-23-71-62(68)69)52(95)72-29-45(87)77-38(18-20-50(92)93)55(98)82-39(60(103)104)11-4-5-21-63/h33-43H,4-32,63-64H2,1-3H3,(H2,65,86)(H,72,95)(H,73,96)(H,74,94)(H,75,97)(H,76,99)(H,77,87)(H,78,88)(H,79,100)(H,80,101)(H,81,102)(H,82,98)(H,92,93)(H,103,104)(H4,66,67,70)(H4,68,69,71)/t34-,35-,36-,37-,38-,39-,40-,41-,42-,43-/m0/s1. The summed E-state index contributed by atoms with van der Waals surface area (Å²) >= 11 is 0. The molecule has 3 aliphatic rings. The number of rotatable bonds is 46. The zero-order valence-corrected chi connectivity index (χ0v) is 58.9. The molecular formula is C62H105N23O19. The summed E-state index contributed by atoms with van der Waals surface area (Å²) in [6, 6.07) is -12.8. The number of guanidine groups is 2. The number of unbranched alkanes of at least 4 members (excludes halogenated alkanes) is 1. The summed E-state index contributed by atoms with van der Waals surface area (Å²) in [5.74, 6) is -15.8. The first-order valence-corrected chi connectivity index (χ1v) is 34.6. The summed E-state index contributed by atoms with van der Waals surface area (Å²) in [6.45, 7) is 2.48. The number of carbonyl (C=O) groups excluding carboxylic acids is 15. The van der Waals surface area contributed by atoms with Gasteiger partial charge in [-0.2, -0.15) is 0 Å². The topological polar surface area (TPSA) is 675 Å². The molecule has 3 fully saturated rings. The van der Waals surface area contributed by atoms with E-state index in [2.05, 4.69) is 69.1 Å². The highest BCUT2D eigenvalue weighted by Crippen LogP contribution is 2.21. The van der Waals surface area contributed by atoms with Crippen molar-refractivity contribution in [2.24, 2.45) is 34.6 Å². The normalized spacial score (nSPS) is 17.3. The van der Waals surface area contributed by atoms with Crippen molar-refractivity contribution in [3.8, 4) is 0 Å². The molecule has 0 aromatic heterocycles. The Labute approximate surface area is 600 Å². The second kappa shape index (κ2) is 45.4. The average Bonchev–Trinajstić information content (AvgIpc) is 1.68. The predicted octanol–water partition coefficient (Wildman–Crippen LogP) is -9.29. The molecule has 10 atom stereocenters. The Morgan fingerprint density at radius 2 is 0.808 bits per heavy atom. The van der Waals surface area contributed by atoms with E-state index in [-0.39, 0.29) is 115 Å². The quantitative estimate of drug-likeness (QED) is 0.0153. The number of carboxylic acids is 2. The second-order valence-corrected chi connectivity index (χ2v) is 25.7. The lowest BCUT2D eigenvalue weighted by Crippen LogP contribution is -2.57. The molecule has 42 heteroatoms. The van der Waals surface area contributed by atoms with Gasteiger partial charge in [0.15, 0.2) is 11.9 Å². The van der Waals surface area contributed by atoms with Crippen LogP contribution in [0.2, 0.25) is 0 Å². The van der Waals surface area contributed by atoms with Crippen molar-refractivity contribution in [1.82, 2.24) is 83.8 Å². The maximum Gasteiger partial charge on any atom is 0.326 e. The summed E-state index contributed by atoms with van der Waals surface area (Å²) in [7, 11) is 0. The van der Waals surface area contributed by atoms with Crippen LogP contribution >= 0.6 is 0 Å². The number of carboxylic acid groups (broad SMARTS) is 2. The summed E-state index contributed by atoms with van der Waals surface area (Å²) < 4.78 is 0. The summed E-state index contributed by atoms with van der Waals surface area (Å²) in [4.78, 5) is 227. The zero-order valence-electron chi connectivity index (χ0n) is 58.9. The van der Waals surface area contributed by atoms with Crippen LogP contribution in [0.25, 0.3) is 0 Å². The fourth-order valence-electron chi connectivity index (χ4n) is 11.6. The van der Waals surface area contributed by atoms with Gasteiger partial charge in [-0.1, -0.05) is 13.8 Å². The molecule has 0 unspecified atom stereocenters. The monoisotopic (exact) mass is 1480 g/mol. The van der Waals surface area contributed by atoms with E-state index in [0.717, 1.165) is 9.80 Å². The van der Waals surface area contributed by atoms with E-state index in [0.29, 0.717) is 38.6 Å². The predicted molar refractivity (Wildman–Crippen MR) is 368 cm³/mol. The molecule has 15 amide bonds. The summed E-state index contributed by atoms with van der Waals surface area (Å²) in [5, 5.41) is 65.9. The summed E-state index contributed by atoms with van der Waals surface area (Å²) in [5.41, 5.74) is 27.2. The van der Waals surface area contributed by atoms with E-state index in [4.69, 9.17) is 39.5 Å². The third-order valence-corrected chi connectivity index (χ3v) is 17.0. The van der Waals surface area contributed by atoms with Gasteiger partial charge in [0, 0.05) is 45.6 Å². The number of nitrogens with one attached hydrogen (secondary N) is 15. The minimum atomic E-state index is -1.54. The van der Waals surface area contributed by atoms with E-state index in [1.54, 1.807) is 13.8 Å². The molecule has 582 valence electrons. The molecule has 3 aliphatic heterocycles. The lowest BCUT2D eigenvalue weighted by molar-refractivity contribution is -0.143. The Balaban J connectivity index is 1.62. The smallest absolute Gasteiger partial charge is 0.326 e. The molecular weight excluding hydrogens is 1370 g/mol. The number of hydrogen-bond donors (Lipinski definition) is 22. The highest BCUT2D eigenvalue weighted by atomic mass is 16.4. The largest absolute Gasteiger partial charge is 0.481 e. The minimum Gasteiger partial charge on any atom is -0.481 e. The SMILES string of the molecule is CC(C)C[C@H](NC(=O)CNC(=O)[C@H](CCCNC(=N)N)NC(=O)[C@@H]1CCCN1C(=O)CN)C(=O)N[C@@H](C)C(=O)NCC(=O)N1CCC[C@H]1C(=O)N[C@@H](CCC(N)=O)C(=O)NCC(=O)N1CCC[C@H]1C(=O)N[C@@H](CCCNC(=N)N)C(=O)NCC(=O)N[C@@H](CCC(=O)O)C(=O)N[C@@H](CCCCN)C(=O)O. The number of primary amides is 1. The lowest BCUT2D eigenvalue weighted by Gasteiger charge is -2.28. The van der Waals surface area contributed by atoms with E-state index >= 15 is 0 Å². The first kappa shape index (κ1) is 87.7. The molecule has 0 aromatic rings. The molecule has 42 nitrogen and oxygen atoms in total. The van der Waals surface area contributed by atoms with Crippen LogP contribution < -0.4 is 97.8 Å². The number of nitrogens with zero attached hydrogens (tertiary/aromatic N) is 3. The van der Waals surface area contributed by atoms with Crippen LogP contribution in [0.1, 0.15) is 136 Å². The molecule has 0 saturated carbocycles. The molecule has 0 spiro atoms. The van der Waals surface area contributed by atoms with Gasteiger partial charge in [0.2, 0.25) is 88.6 Å². The van der Waals surface area contributed by atoms with Gasteiger partial charge >= 0.3 is 11.9 Å². The number of carbonyl (C=O) groups is 17. The Morgan fingerprint density at radius 3 is 1.21 bits per heavy atom. The fourth-order valence-corrected chi connectivity index (χ4v) is 11.6. The molecule has 104 heavy (non-hydrogen) atoms. The first-order valence-electron chi connectivity index (χ1n) is 34.6. The zero-order chi connectivity index (χ0) is 77.8. The van der Waals surface area contributed by atoms with E-state index < -0.39 is 212 Å². The van der Waals surface area contributed by atoms with Crippen molar-refractivity contribution in [2.45, 2.75) is 197 Å². The summed E-state index contributed by atoms with van der Waals surface area (Å²) in [6.07, 6.45) is 0.918. The van der Waals surface area contributed by atoms with Crippen molar-refractivity contribution >= 4 is 112 Å². The molecule has 0 aromatic carbocycles. The fraction of sp³-hybridized carbons (Fsp3) is 0.694. The Bertz CT molecular complexity index is 3090. The van der Waals surface area contributed by atoms with Crippen molar-refractivity contribution < 1.29 is 91.7 Å². The van der Waals surface area contributed by atoms with Crippen LogP contribution in [0, 0.1) is 16.7 Å². The maximum absolute atomic E-state index is 13.9. The molecule has 3 heterocycles. The second-order valence-electron chi connectivity index (χ2n) is 25.7. The van der Waals surface area contributed by atoms with Gasteiger partial charge in [-0.15, -0.1) is 0 Å². The average molecular weight is 1480 g/mol. The Morgan fingerprint density at radius 1 is 0.423 bits per heavy atom. The van der Waals surface area contributed by atoms with Crippen molar-refractivity contribution in [3.05, 3.63) is 0 Å². The lowest BCUT2D eigenvalue weighted by atomic mass is 10.0. The van der Waals surface area contributed by atoms with Gasteiger partial charge in [0.05, 0.1) is 32.7 Å². The molecule has 27 N–H and O–H groups in total. The van der Waals surface area contributed by atoms with Crippen molar-refractivity contribution in [2.75, 3.05) is 72.0 Å². The van der Waals surface area contributed by atoms with Gasteiger partial charge in [0.1, 0.15) is 60.4 Å². The highest BCUT2D eigenvalue weighted by molar-refractivity contribution is 5.99.